The van der Waals surface area contributed by atoms with E-state index in [4.69, 9.17) is 9.72 Å². The van der Waals surface area contributed by atoms with Crippen LogP contribution in [0.3, 0.4) is 0 Å². The van der Waals surface area contributed by atoms with Crippen LogP contribution < -0.4 is 4.74 Å². The van der Waals surface area contributed by atoms with Crippen LogP contribution in [0.5, 0.6) is 5.75 Å². The molecule has 33 heavy (non-hydrogen) atoms. The fourth-order valence-electron chi connectivity index (χ4n) is 3.87. The van der Waals surface area contributed by atoms with Crippen LogP contribution in [0.25, 0.3) is 55.8 Å². The van der Waals surface area contributed by atoms with E-state index in [1.54, 1.807) is 37.1 Å². The van der Waals surface area contributed by atoms with E-state index < -0.39 is 5.82 Å². The van der Waals surface area contributed by atoms with Gasteiger partial charge in [0.25, 0.3) is 0 Å². The zero-order chi connectivity index (χ0) is 22.4. The summed E-state index contributed by atoms with van der Waals surface area (Å²) in [6, 6.07) is 10.3. The van der Waals surface area contributed by atoms with Gasteiger partial charge in [-0.2, -0.15) is 5.10 Å². The van der Waals surface area contributed by atoms with Gasteiger partial charge in [0.2, 0.25) is 0 Å². The SMILES string of the molecule is COc1cc(F)cc(-c2cncc3[nH]c(-c4n[nH]c5cnc(-c6ccncc6)cc45)nc23)c1. The molecule has 0 saturated carbocycles. The molecule has 0 spiro atoms. The molecule has 0 bridgehead atoms. The van der Waals surface area contributed by atoms with Crippen molar-refractivity contribution in [1.29, 1.82) is 0 Å². The Morgan fingerprint density at radius 3 is 2.64 bits per heavy atom. The zero-order valence-electron chi connectivity index (χ0n) is 17.4. The number of pyridine rings is 3. The van der Waals surface area contributed by atoms with E-state index >= 15 is 0 Å². The van der Waals surface area contributed by atoms with Crippen molar-refractivity contribution in [3.8, 4) is 39.7 Å². The van der Waals surface area contributed by atoms with E-state index in [0.717, 1.165) is 22.2 Å². The summed E-state index contributed by atoms with van der Waals surface area (Å²) < 4.78 is 19.3. The number of H-pyrrole nitrogens is 2. The lowest BCUT2D eigenvalue weighted by molar-refractivity contribution is 0.411. The Hall–Kier alpha value is -4.66. The number of hydrogen-bond donors (Lipinski definition) is 2. The van der Waals surface area contributed by atoms with Gasteiger partial charge in [0.15, 0.2) is 5.82 Å². The molecule has 9 heteroatoms. The van der Waals surface area contributed by atoms with Gasteiger partial charge in [-0.05, 0) is 35.9 Å². The minimum atomic E-state index is -0.397. The van der Waals surface area contributed by atoms with Crippen LogP contribution >= 0.6 is 0 Å². The average Bonchev–Trinajstić information content (AvgIpc) is 3.47. The maximum Gasteiger partial charge on any atom is 0.159 e. The van der Waals surface area contributed by atoms with Crippen molar-refractivity contribution in [2.45, 2.75) is 0 Å². The molecule has 1 aromatic carbocycles. The summed E-state index contributed by atoms with van der Waals surface area (Å²) in [6.07, 6.45) is 8.55. The molecule has 0 radical (unpaired) electrons. The molecule has 5 heterocycles. The number of benzene rings is 1. The van der Waals surface area contributed by atoms with Crippen molar-refractivity contribution in [3.05, 3.63) is 73.2 Å². The van der Waals surface area contributed by atoms with E-state index in [1.807, 2.05) is 18.2 Å². The molecule has 6 rings (SSSR count). The maximum absolute atomic E-state index is 14.1. The molecule has 0 aliphatic carbocycles. The molecular weight excluding hydrogens is 421 g/mol. The molecule has 0 unspecified atom stereocenters. The Morgan fingerprint density at radius 1 is 0.909 bits per heavy atom. The lowest BCUT2D eigenvalue weighted by Gasteiger charge is -2.06. The van der Waals surface area contributed by atoms with Gasteiger partial charge in [0, 0.05) is 41.2 Å². The normalized spacial score (nSPS) is 11.3. The highest BCUT2D eigenvalue weighted by atomic mass is 19.1. The highest BCUT2D eigenvalue weighted by Crippen LogP contribution is 2.33. The second-order valence-corrected chi connectivity index (χ2v) is 7.47. The largest absolute Gasteiger partial charge is 0.497 e. The number of aromatic amines is 2. The van der Waals surface area contributed by atoms with Gasteiger partial charge >= 0.3 is 0 Å². The fourth-order valence-corrected chi connectivity index (χ4v) is 3.87. The third kappa shape index (κ3) is 3.26. The number of imidazole rings is 1. The van der Waals surface area contributed by atoms with Crippen LogP contribution in [0.1, 0.15) is 0 Å². The minimum Gasteiger partial charge on any atom is -0.497 e. The molecule has 0 aliphatic heterocycles. The topological polar surface area (TPSA) is 105 Å². The summed E-state index contributed by atoms with van der Waals surface area (Å²) in [5.74, 6) is 0.597. The van der Waals surface area contributed by atoms with Gasteiger partial charge in [0.05, 0.1) is 41.7 Å². The second kappa shape index (κ2) is 7.49. The highest BCUT2D eigenvalue weighted by Gasteiger charge is 2.17. The van der Waals surface area contributed by atoms with Crippen LogP contribution in [0.15, 0.2) is 67.4 Å². The summed E-state index contributed by atoms with van der Waals surface area (Å²) in [5, 5.41) is 8.35. The number of nitrogens with one attached hydrogen (secondary N) is 2. The summed E-state index contributed by atoms with van der Waals surface area (Å²) in [6.45, 7) is 0. The van der Waals surface area contributed by atoms with E-state index in [-0.39, 0.29) is 0 Å². The second-order valence-electron chi connectivity index (χ2n) is 7.47. The first kappa shape index (κ1) is 19.1. The third-order valence-electron chi connectivity index (χ3n) is 5.46. The summed E-state index contributed by atoms with van der Waals surface area (Å²) >= 11 is 0. The quantitative estimate of drug-likeness (QED) is 0.411. The van der Waals surface area contributed by atoms with Crippen molar-refractivity contribution in [3.63, 3.8) is 0 Å². The highest BCUT2D eigenvalue weighted by molar-refractivity contribution is 5.97. The first-order valence-corrected chi connectivity index (χ1v) is 10.1. The number of ether oxygens (including phenoxy) is 1. The standard InChI is InChI=1S/C24H16FN7O/c1-33-16-7-14(6-15(25)8-16)18-10-27-11-21-22(18)30-24(29-21)23-17-9-19(13-2-4-26-5-3-13)28-12-20(17)31-32-23/h2-12H,1H3,(H,29,30)(H,31,32). The maximum atomic E-state index is 14.1. The van der Waals surface area contributed by atoms with Crippen molar-refractivity contribution in [1.82, 2.24) is 35.1 Å². The average molecular weight is 437 g/mol. The Morgan fingerprint density at radius 2 is 1.79 bits per heavy atom. The van der Waals surface area contributed by atoms with Crippen molar-refractivity contribution in [2.75, 3.05) is 7.11 Å². The van der Waals surface area contributed by atoms with Crippen molar-refractivity contribution in [2.24, 2.45) is 0 Å². The Balaban J connectivity index is 1.50. The van der Waals surface area contributed by atoms with Crippen LogP contribution in [0.2, 0.25) is 0 Å². The summed E-state index contributed by atoms with van der Waals surface area (Å²) in [5.41, 5.74) is 5.88. The van der Waals surface area contributed by atoms with Gasteiger partial charge in [-0.15, -0.1) is 0 Å². The van der Waals surface area contributed by atoms with Gasteiger partial charge in [-0.25, -0.2) is 9.37 Å². The van der Waals surface area contributed by atoms with Crippen LogP contribution in [0.4, 0.5) is 4.39 Å². The Bertz CT molecular complexity index is 1620. The predicted molar refractivity (Wildman–Crippen MR) is 122 cm³/mol. The molecule has 2 N–H and O–H groups in total. The number of rotatable bonds is 4. The number of nitrogens with zero attached hydrogens (tertiary/aromatic N) is 5. The third-order valence-corrected chi connectivity index (χ3v) is 5.46. The predicted octanol–water partition coefficient (Wildman–Crippen LogP) is 4.77. The fraction of sp³-hybridized carbons (Fsp3) is 0.0417. The Labute approximate surface area is 186 Å². The number of methoxy groups -OCH3 is 1. The van der Waals surface area contributed by atoms with Crippen LogP contribution in [-0.2, 0) is 0 Å². The minimum absolute atomic E-state index is 0.397. The smallest absolute Gasteiger partial charge is 0.159 e. The van der Waals surface area contributed by atoms with Crippen LogP contribution in [0, 0.1) is 5.82 Å². The van der Waals surface area contributed by atoms with E-state index in [9.17, 15) is 4.39 Å². The monoisotopic (exact) mass is 437 g/mol. The zero-order valence-corrected chi connectivity index (χ0v) is 17.4. The molecular formula is C24H16FN7O. The first-order valence-electron chi connectivity index (χ1n) is 10.1. The molecule has 8 nitrogen and oxygen atoms in total. The molecule has 6 aromatic rings. The van der Waals surface area contributed by atoms with Gasteiger partial charge in [-0.3, -0.25) is 20.1 Å². The first-order chi connectivity index (χ1) is 16.2. The molecule has 0 aliphatic rings. The lowest BCUT2D eigenvalue weighted by Crippen LogP contribution is -1.89. The number of halogens is 1. The number of fused-ring (bicyclic) bond motifs is 2. The lowest BCUT2D eigenvalue weighted by atomic mass is 10.1. The molecule has 0 fully saturated rings. The molecule has 0 atom stereocenters. The number of aromatic nitrogens is 7. The number of hydrogen-bond acceptors (Lipinski definition) is 6. The summed E-state index contributed by atoms with van der Waals surface area (Å²) in [4.78, 5) is 21.0. The van der Waals surface area contributed by atoms with E-state index in [0.29, 0.717) is 39.4 Å². The van der Waals surface area contributed by atoms with E-state index in [2.05, 4.69) is 30.1 Å². The van der Waals surface area contributed by atoms with Crippen LogP contribution in [-0.4, -0.2) is 42.2 Å². The van der Waals surface area contributed by atoms with E-state index in [1.165, 1.54) is 19.2 Å². The van der Waals surface area contributed by atoms with Gasteiger partial charge in [-0.1, -0.05) is 0 Å². The van der Waals surface area contributed by atoms with Gasteiger partial charge in [0.1, 0.15) is 17.3 Å². The molecule has 160 valence electrons. The summed E-state index contributed by atoms with van der Waals surface area (Å²) in [7, 11) is 1.50. The van der Waals surface area contributed by atoms with Crippen molar-refractivity contribution < 1.29 is 9.13 Å². The Kier molecular flexibility index (Phi) is 4.32. The molecule has 0 saturated heterocycles. The molecule has 0 amide bonds. The van der Waals surface area contributed by atoms with Gasteiger partial charge < -0.3 is 9.72 Å². The molecule has 5 aromatic heterocycles. The van der Waals surface area contributed by atoms with Crippen molar-refractivity contribution >= 4 is 21.9 Å².